The van der Waals surface area contributed by atoms with Gasteiger partial charge in [-0.05, 0) is 37.8 Å². The molecule has 3 heterocycles. The predicted molar refractivity (Wildman–Crippen MR) is 119 cm³/mol. The summed E-state index contributed by atoms with van der Waals surface area (Å²) in [6.07, 6.45) is 5.38. The van der Waals surface area contributed by atoms with Crippen molar-refractivity contribution in [3.8, 4) is 23.1 Å². The molecule has 9 heteroatoms. The van der Waals surface area contributed by atoms with Crippen molar-refractivity contribution in [1.82, 2.24) is 24.6 Å². The van der Waals surface area contributed by atoms with Crippen molar-refractivity contribution < 1.29 is 13.9 Å². The highest BCUT2D eigenvalue weighted by Gasteiger charge is 2.31. The molecule has 4 aromatic rings. The smallest absolute Gasteiger partial charge is 0.245 e. The third-order valence-electron chi connectivity index (χ3n) is 6.04. The minimum atomic E-state index is 0.393. The molecule has 0 radical (unpaired) electrons. The Morgan fingerprint density at radius 2 is 2.03 bits per heavy atom. The van der Waals surface area contributed by atoms with Crippen molar-refractivity contribution in [2.24, 2.45) is 5.92 Å². The zero-order valence-corrected chi connectivity index (χ0v) is 18.6. The molecule has 0 amide bonds. The molecule has 1 N–H and O–H groups in total. The Labute approximate surface area is 185 Å². The number of aromatic nitrogens is 5. The zero-order valence-electron chi connectivity index (χ0n) is 18.6. The number of nitrogens with one attached hydrogen (secondary N) is 1. The van der Waals surface area contributed by atoms with Crippen LogP contribution in [0, 0.1) is 12.8 Å². The molecule has 1 aliphatic carbocycles. The highest BCUT2D eigenvalue weighted by atomic mass is 16.5. The van der Waals surface area contributed by atoms with E-state index < -0.39 is 0 Å². The Kier molecular flexibility index (Phi) is 5.16. The topological polar surface area (TPSA) is 99.6 Å². The SMILES string of the molecule is COc1ccc(CNc2nc(-c3ncco3)c(C)c3nc(C4CC(C)C4)nn23)c(OC)c1. The minimum absolute atomic E-state index is 0.393. The summed E-state index contributed by atoms with van der Waals surface area (Å²) < 4.78 is 18.2. The normalized spacial score (nSPS) is 17.9. The van der Waals surface area contributed by atoms with Gasteiger partial charge in [0.15, 0.2) is 11.5 Å². The summed E-state index contributed by atoms with van der Waals surface area (Å²) in [7, 11) is 3.28. The van der Waals surface area contributed by atoms with Crippen LogP contribution >= 0.6 is 0 Å². The number of hydrogen-bond acceptors (Lipinski definition) is 8. The molecular formula is C23H26N6O3. The summed E-state index contributed by atoms with van der Waals surface area (Å²) in [6.45, 7) is 4.72. The highest BCUT2D eigenvalue weighted by Crippen LogP contribution is 2.40. The lowest BCUT2D eigenvalue weighted by Gasteiger charge is -2.30. The average molecular weight is 435 g/mol. The van der Waals surface area contributed by atoms with Crippen molar-refractivity contribution in [1.29, 1.82) is 0 Å². The van der Waals surface area contributed by atoms with Crippen molar-refractivity contribution in [2.45, 2.75) is 39.2 Å². The lowest BCUT2D eigenvalue weighted by atomic mass is 9.76. The van der Waals surface area contributed by atoms with E-state index in [1.54, 1.807) is 31.2 Å². The summed E-state index contributed by atoms with van der Waals surface area (Å²) in [5.74, 6) is 4.47. The van der Waals surface area contributed by atoms with Gasteiger partial charge >= 0.3 is 0 Å². The van der Waals surface area contributed by atoms with E-state index in [4.69, 9.17) is 29.0 Å². The van der Waals surface area contributed by atoms with Gasteiger partial charge in [-0.25, -0.2) is 15.0 Å². The van der Waals surface area contributed by atoms with Crippen LogP contribution in [0.4, 0.5) is 5.95 Å². The van der Waals surface area contributed by atoms with E-state index in [1.807, 2.05) is 25.1 Å². The molecule has 1 fully saturated rings. The van der Waals surface area contributed by atoms with Crippen LogP contribution in [-0.2, 0) is 6.54 Å². The largest absolute Gasteiger partial charge is 0.497 e. The van der Waals surface area contributed by atoms with E-state index in [0.717, 1.165) is 46.9 Å². The van der Waals surface area contributed by atoms with Crippen LogP contribution in [0.15, 0.2) is 35.1 Å². The molecule has 0 bridgehead atoms. The fourth-order valence-electron chi connectivity index (χ4n) is 4.18. The Morgan fingerprint density at radius 1 is 1.19 bits per heavy atom. The maximum Gasteiger partial charge on any atom is 0.245 e. The van der Waals surface area contributed by atoms with Crippen molar-refractivity contribution in [3.63, 3.8) is 0 Å². The van der Waals surface area contributed by atoms with Crippen LogP contribution in [0.1, 0.15) is 42.6 Å². The molecule has 0 saturated heterocycles. The van der Waals surface area contributed by atoms with E-state index in [-0.39, 0.29) is 0 Å². The number of nitrogens with zero attached hydrogens (tertiary/aromatic N) is 5. The molecule has 1 saturated carbocycles. The van der Waals surface area contributed by atoms with Crippen LogP contribution in [0.25, 0.3) is 17.2 Å². The number of methoxy groups -OCH3 is 2. The van der Waals surface area contributed by atoms with Crippen molar-refractivity contribution >= 4 is 11.6 Å². The maximum atomic E-state index is 5.54. The molecule has 0 spiro atoms. The lowest BCUT2D eigenvalue weighted by Crippen LogP contribution is -2.20. The van der Waals surface area contributed by atoms with Gasteiger partial charge in [0.2, 0.25) is 11.8 Å². The van der Waals surface area contributed by atoms with Gasteiger partial charge < -0.3 is 19.2 Å². The molecule has 32 heavy (non-hydrogen) atoms. The number of oxazole rings is 1. The van der Waals surface area contributed by atoms with Crippen LogP contribution in [0.2, 0.25) is 0 Å². The number of anilines is 1. The fourth-order valence-corrected chi connectivity index (χ4v) is 4.18. The monoisotopic (exact) mass is 434 g/mol. The summed E-state index contributed by atoms with van der Waals surface area (Å²) >= 11 is 0. The Morgan fingerprint density at radius 3 is 2.72 bits per heavy atom. The average Bonchev–Trinajstić information content (AvgIpc) is 3.47. The van der Waals surface area contributed by atoms with Crippen LogP contribution in [-0.4, -0.2) is 38.8 Å². The summed E-state index contributed by atoms with van der Waals surface area (Å²) in [5.41, 5.74) is 3.25. The molecule has 5 rings (SSSR count). The molecule has 0 aliphatic heterocycles. The van der Waals surface area contributed by atoms with E-state index in [0.29, 0.717) is 35.9 Å². The molecule has 1 aromatic carbocycles. The van der Waals surface area contributed by atoms with Crippen molar-refractivity contribution in [2.75, 3.05) is 19.5 Å². The number of hydrogen-bond donors (Lipinski definition) is 1. The first-order chi connectivity index (χ1) is 15.6. The zero-order chi connectivity index (χ0) is 22.2. The molecular weight excluding hydrogens is 408 g/mol. The number of fused-ring (bicyclic) bond motifs is 1. The number of benzene rings is 1. The van der Waals surface area contributed by atoms with Gasteiger partial charge in [-0.2, -0.15) is 4.52 Å². The van der Waals surface area contributed by atoms with Gasteiger partial charge in [0.25, 0.3) is 0 Å². The second-order valence-electron chi connectivity index (χ2n) is 8.26. The van der Waals surface area contributed by atoms with Gasteiger partial charge in [0.05, 0.1) is 20.4 Å². The van der Waals surface area contributed by atoms with E-state index in [2.05, 4.69) is 17.2 Å². The highest BCUT2D eigenvalue weighted by molar-refractivity contribution is 5.66. The van der Waals surface area contributed by atoms with Crippen LogP contribution < -0.4 is 14.8 Å². The minimum Gasteiger partial charge on any atom is -0.497 e. The number of ether oxygens (including phenoxy) is 2. The Balaban J connectivity index is 1.54. The standard InChI is InChI=1S/C23H26N6O3/c1-13-9-16(10-13)20-27-21-14(2)19(22-24-7-8-32-22)26-23(29(21)28-20)25-12-15-5-6-17(30-3)11-18(15)31-4/h5-8,11,13,16H,9-10,12H2,1-4H3,(H,25,26). The first-order valence-electron chi connectivity index (χ1n) is 10.7. The number of aryl methyl sites for hydroxylation is 1. The molecule has 1 aliphatic rings. The summed E-state index contributed by atoms with van der Waals surface area (Å²) in [6, 6.07) is 5.73. The molecule has 0 atom stereocenters. The molecule has 3 aromatic heterocycles. The van der Waals surface area contributed by atoms with Crippen LogP contribution in [0.3, 0.4) is 0 Å². The fraction of sp³-hybridized carbons (Fsp3) is 0.391. The first kappa shape index (κ1) is 20.3. The van der Waals surface area contributed by atoms with Gasteiger partial charge in [0.1, 0.15) is 23.5 Å². The molecule has 9 nitrogen and oxygen atoms in total. The first-order valence-corrected chi connectivity index (χ1v) is 10.7. The van der Waals surface area contributed by atoms with Gasteiger partial charge in [-0.1, -0.05) is 6.92 Å². The van der Waals surface area contributed by atoms with Gasteiger partial charge in [0, 0.05) is 29.7 Å². The molecule has 0 unspecified atom stereocenters. The lowest BCUT2D eigenvalue weighted by molar-refractivity contribution is 0.278. The second-order valence-corrected chi connectivity index (χ2v) is 8.26. The quantitative estimate of drug-likeness (QED) is 0.461. The number of rotatable bonds is 7. The summed E-state index contributed by atoms with van der Waals surface area (Å²) in [4.78, 5) is 14.0. The van der Waals surface area contributed by atoms with Gasteiger partial charge in [-0.15, -0.1) is 5.10 Å². The second kappa shape index (κ2) is 8.14. The Hall–Kier alpha value is -3.62. The Bertz CT molecular complexity index is 1240. The van der Waals surface area contributed by atoms with E-state index >= 15 is 0 Å². The third-order valence-corrected chi connectivity index (χ3v) is 6.04. The van der Waals surface area contributed by atoms with Crippen molar-refractivity contribution in [3.05, 3.63) is 47.6 Å². The summed E-state index contributed by atoms with van der Waals surface area (Å²) in [5, 5.41) is 8.21. The van der Waals surface area contributed by atoms with E-state index in [9.17, 15) is 0 Å². The van der Waals surface area contributed by atoms with Gasteiger partial charge in [-0.3, -0.25) is 0 Å². The molecule has 166 valence electrons. The third kappa shape index (κ3) is 3.53. The maximum absolute atomic E-state index is 5.54. The van der Waals surface area contributed by atoms with Crippen LogP contribution in [0.5, 0.6) is 11.5 Å². The predicted octanol–water partition coefficient (Wildman–Crippen LogP) is 4.23. The van der Waals surface area contributed by atoms with E-state index in [1.165, 1.54) is 0 Å².